The van der Waals surface area contributed by atoms with Crippen LogP contribution in [-0.2, 0) is 11.3 Å². The standard InChI is InChI=1S/C35H41FN4O5/c1-22-4-7-30(36)29(18-22)31-21-39(27-12-16-44-17-13-27)35(43)40(31)28-10-14-38(15-11-28)20-26-6-9-33(37-24(26)3)45-32-8-5-25(34(41)42)19-23(32)2/h4-9,18-19,27-28,31H,10-17,20-21H2,1-3H3,(H,41,42)/t31-/m0/s1. The zero-order valence-electron chi connectivity index (χ0n) is 26.2. The van der Waals surface area contributed by atoms with Gasteiger partial charge >= 0.3 is 12.0 Å². The number of aromatic carboxylic acids is 1. The lowest BCUT2D eigenvalue weighted by molar-refractivity contribution is 0.0493. The molecular formula is C35H41FN4O5. The number of rotatable bonds is 8. The number of carbonyl (C=O) groups is 2. The first-order chi connectivity index (χ1) is 21.7. The Balaban J connectivity index is 1.12. The van der Waals surface area contributed by atoms with Crippen LogP contribution in [0.25, 0.3) is 0 Å². The molecule has 4 heterocycles. The Kier molecular flexibility index (Phi) is 9.05. The van der Waals surface area contributed by atoms with Crippen LogP contribution in [0.2, 0.25) is 0 Å². The lowest BCUT2D eigenvalue weighted by Crippen LogP contribution is -2.48. The number of carboxylic acids is 1. The van der Waals surface area contributed by atoms with Crippen molar-refractivity contribution in [3.8, 4) is 11.6 Å². The molecule has 3 aromatic rings. The minimum absolute atomic E-state index is 0.0229. The zero-order valence-corrected chi connectivity index (χ0v) is 26.2. The van der Waals surface area contributed by atoms with Gasteiger partial charge < -0.3 is 24.4 Å². The molecule has 0 radical (unpaired) electrons. The van der Waals surface area contributed by atoms with Gasteiger partial charge in [0.2, 0.25) is 5.88 Å². The number of amides is 2. The SMILES string of the molecule is Cc1ccc(F)c([C@@H]2CN(C3CCOCC3)C(=O)N2C2CCN(Cc3ccc(Oc4ccc(C(=O)O)cc4C)nc3C)CC2)c1. The Hall–Kier alpha value is -4.02. The van der Waals surface area contributed by atoms with Crippen LogP contribution in [0.15, 0.2) is 48.5 Å². The van der Waals surface area contributed by atoms with Crippen molar-refractivity contribution in [3.63, 3.8) is 0 Å². The molecule has 0 bridgehead atoms. The smallest absolute Gasteiger partial charge is 0.335 e. The van der Waals surface area contributed by atoms with Crippen LogP contribution < -0.4 is 4.74 Å². The predicted octanol–water partition coefficient (Wildman–Crippen LogP) is 6.26. The number of hydrogen-bond acceptors (Lipinski definition) is 6. The largest absolute Gasteiger partial charge is 0.478 e. The van der Waals surface area contributed by atoms with E-state index in [9.17, 15) is 14.7 Å². The first kappa shape index (κ1) is 31.0. The number of aromatic nitrogens is 1. The third-order valence-electron chi connectivity index (χ3n) is 9.46. The van der Waals surface area contributed by atoms with E-state index in [4.69, 9.17) is 9.47 Å². The fourth-order valence-electron chi connectivity index (χ4n) is 6.91. The highest BCUT2D eigenvalue weighted by atomic mass is 19.1. The summed E-state index contributed by atoms with van der Waals surface area (Å²) in [6, 6.07) is 13.7. The van der Waals surface area contributed by atoms with Crippen LogP contribution in [-0.4, -0.2) is 81.7 Å². The number of hydrogen-bond donors (Lipinski definition) is 1. The Morgan fingerprint density at radius 1 is 1.00 bits per heavy atom. The van der Waals surface area contributed by atoms with Crippen molar-refractivity contribution in [2.24, 2.45) is 0 Å². The Morgan fingerprint density at radius 2 is 1.76 bits per heavy atom. The zero-order chi connectivity index (χ0) is 31.7. The molecule has 9 nitrogen and oxygen atoms in total. The van der Waals surface area contributed by atoms with Crippen molar-refractivity contribution in [1.29, 1.82) is 0 Å². The van der Waals surface area contributed by atoms with Crippen LogP contribution in [0, 0.1) is 26.6 Å². The maximum Gasteiger partial charge on any atom is 0.335 e. The Labute approximate surface area is 263 Å². The number of carbonyl (C=O) groups excluding carboxylic acids is 1. The number of likely N-dealkylation sites (tertiary alicyclic amines) is 1. The van der Waals surface area contributed by atoms with Crippen LogP contribution in [0.1, 0.15) is 70.0 Å². The summed E-state index contributed by atoms with van der Waals surface area (Å²) in [7, 11) is 0. The number of aryl methyl sites for hydroxylation is 3. The molecule has 1 atom stereocenters. The Bertz CT molecular complexity index is 1570. The third kappa shape index (κ3) is 6.67. The minimum atomic E-state index is -0.976. The number of ether oxygens (including phenoxy) is 2. The monoisotopic (exact) mass is 616 g/mol. The van der Waals surface area contributed by atoms with Gasteiger partial charge in [-0.1, -0.05) is 23.8 Å². The summed E-state index contributed by atoms with van der Waals surface area (Å²) in [6.07, 6.45) is 3.26. The summed E-state index contributed by atoms with van der Waals surface area (Å²) in [6.45, 7) is 9.92. The second-order valence-electron chi connectivity index (χ2n) is 12.5. The number of nitrogens with zero attached hydrogens (tertiary/aromatic N) is 4. The fraction of sp³-hybridized carbons (Fsp3) is 0.457. The maximum atomic E-state index is 15.2. The number of urea groups is 1. The van der Waals surface area contributed by atoms with E-state index in [-0.39, 0.29) is 35.5 Å². The van der Waals surface area contributed by atoms with Crippen molar-refractivity contribution < 1.29 is 28.6 Å². The van der Waals surface area contributed by atoms with Crippen molar-refractivity contribution >= 4 is 12.0 Å². The van der Waals surface area contributed by atoms with Crippen molar-refractivity contribution in [1.82, 2.24) is 19.7 Å². The van der Waals surface area contributed by atoms with Crippen LogP contribution in [0.5, 0.6) is 11.6 Å². The normalized spacial score (nSPS) is 20.2. The molecule has 0 saturated carbocycles. The van der Waals surface area contributed by atoms with E-state index in [2.05, 4.69) is 9.88 Å². The number of halogens is 1. The van der Waals surface area contributed by atoms with Crippen LogP contribution in [0.4, 0.5) is 9.18 Å². The molecule has 2 aromatic carbocycles. The first-order valence-electron chi connectivity index (χ1n) is 15.8. The van der Waals surface area contributed by atoms with Gasteiger partial charge in [-0.05, 0) is 81.8 Å². The third-order valence-corrected chi connectivity index (χ3v) is 9.46. The molecule has 3 aliphatic rings. The van der Waals surface area contributed by atoms with E-state index in [1.165, 1.54) is 12.1 Å². The minimum Gasteiger partial charge on any atom is -0.478 e. The molecule has 3 saturated heterocycles. The molecule has 1 aromatic heterocycles. The summed E-state index contributed by atoms with van der Waals surface area (Å²) in [5, 5.41) is 9.22. The van der Waals surface area contributed by atoms with Crippen molar-refractivity contribution in [2.45, 2.75) is 71.1 Å². The predicted molar refractivity (Wildman–Crippen MR) is 167 cm³/mol. The molecule has 3 aliphatic heterocycles. The van der Waals surface area contributed by atoms with Gasteiger partial charge in [-0.2, -0.15) is 0 Å². The van der Waals surface area contributed by atoms with Gasteiger partial charge in [-0.3, -0.25) is 4.90 Å². The summed E-state index contributed by atoms with van der Waals surface area (Å²) >= 11 is 0. The van der Waals surface area contributed by atoms with E-state index >= 15 is 4.39 Å². The van der Waals surface area contributed by atoms with Gasteiger partial charge in [0.25, 0.3) is 0 Å². The number of piperidine rings is 1. The molecule has 3 fully saturated rings. The van der Waals surface area contributed by atoms with Crippen LogP contribution in [0.3, 0.4) is 0 Å². The molecule has 10 heteroatoms. The first-order valence-corrected chi connectivity index (χ1v) is 15.8. The molecular weight excluding hydrogens is 575 g/mol. The van der Waals surface area contributed by atoms with Gasteiger partial charge in [0.1, 0.15) is 11.6 Å². The van der Waals surface area contributed by atoms with Crippen LogP contribution >= 0.6 is 0 Å². The highest BCUT2D eigenvalue weighted by Gasteiger charge is 2.46. The summed E-state index contributed by atoms with van der Waals surface area (Å²) < 4.78 is 26.7. The second-order valence-corrected chi connectivity index (χ2v) is 12.5. The highest BCUT2D eigenvalue weighted by molar-refractivity contribution is 5.88. The maximum absolute atomic E-state index is 15.2. The highest BCUT2D eigenvalue weighted by Crippen LogP contribution is 2.38. The van der Waals surface area contributed by atoms with Gasteiger partial charge in [0, 0.05) is 68.8 Å². The lowest BCUT2D eigenvalue weighted by Gasteiger charge is -2.39. The quantitative estimate of drug-likeness (QED) is 0.319. The average molecular weight is 617 g/mol. The number of carboxylic acid groups (broad SMARTS) is 1. The van der Waals surface area contributed by atoms with Gasteiger partial charge in [0.05, 0.1) is 11.6 Å². The molecule has 6 rings (SSSR count). The molecule has 2 amide bonds. The van der Waals surface area contributed by atoms with E-state index < -0.39 is 5.97 Å². The Morgan fingerprint density at radius 3 is 2.44 bits per heavy atom. The molecule has 0 aliphatic carbocycles. The number of pyridine rings is 1. The lowest BCUT2D eigenvalue weighted by atomic mass is 9.97. The van der Waals surface area contributed by atoms with Gasteiger partial charge in [-0.25, -0.2) is 19.0 Å². The van der Waals surface area contributed by atoms with E-state index in [1.807, 2.05) is 48.8 Å². The van der Waals surface area contributed by atoms with Crippen molar-refractivity contribution in [3.05, 3.63) is 87.9 Å². The van der Waals surface area contributed by atoms with E-state index in [0.717, 1.165) is 67.7 Å². The molecule has 238 valence electrons. The molecule has 0 spiro atoms. The average Bonchev–Trinajstić information content (AvgIpc) is 3.38. The van der Waals surface area contributed by atoms with Crippen molar-refractivity contribution in [2.75, 3.05) is 32.8 Å². The van der Waals surface area contributed by atoms with E-state index in [1.54, 1.807) is 18.2 Å². The summed E-state index contributed by atoms with van der Waals surface area (Å²) in [4.78, 5) is 36.2. The topological polar surface area (TPSA) is 95.4 Å². The molecule has 0 unspecified atom stereocenters. The second kappa shape index (κ2) is 13.1. The van der Waals surface area contributed by atoms with E-state index in [0.29, 0.717) is 37.0 Å². The van der Waals surface area contributed by atoms with Gasteiger partial charge in [0.15, 0.2) is 0 Å². The summed E-state index contributed by atoms with van der Waals surface area (Å²) in [5.74, 6) is -0.205. The molecule has 45 heavy (non-hydrogen) atoms. The summed E-state index contributed by atoms with van der Waals surface area (Å²) in [5.41, 5.74) is 4.50. The fourth-order valence-corrected chi connectivity index (χ4v) is 6.91. The van der Waals surface area contributed by atoms with Gasteiger partial charge in [-0.15, -0.1) is 0 Å². The number of benzene rings is 2. The molecule has 1 N–H and O–H groups in total.